The highest BCUT2D eigenvalue weighted by Gasteiger charge is 2.26. The van der Waals surface area contributed by atoms with E-state index in [0.717, 1.165) is 16.8 Å². The molecule has 4 rings (SSSR count). The highest BCUT2D eigenvalue weighted by atomic mass is 35.5. The molecular formula is C20H26ClN7O3S. The first-order valence-corrected chi connectivity index (χ1v) is 11.2. The maximum Gasteiger partial charge on any atom is 0.404 e. The topological polar surface area (TPSA) is 125 Å². The molecule has 1 aliphatic heterocycles. The van der Waals surface area contributed by atoms with E-state index in [2.05, 4.69) is 39.5 Å². The molecule has 3 aromatic heterocycles. The van der Waals surface area contributed by atoms with Crippen LogP contribution in [0.25, 0.3) is 16.2 Å². The van der Waals surface area contributed by atoms with Crippen LogP contribution in [0.3, 0.4) is 0 Å². The Bertz CT molecular complexity index is 1090. The van der Waals surface area contributed by atoms with E-state index >= 15 is 0 Å². The molecule has 4 heterocycles. The van der Waals surface area contributed by atoms with Crippen molar-refractivity contribution >= 4 is 46.4 Å². The zero-order valence-electron chi connectivity index (χ0n) is 17.8. The number of piperidine rings is 1. The van der Waals surface area contributed by atoms with Crippen molar-refractivity contribution in [2.24, 2.45) is 0 Å². The van der Waals surface area contributed by atoms with Crippen molar-refractivity contribution < 1.29 is 14.7 Å². The van der Waals surface area contributed by atoms with Crippen LogP contribution >= 0.6 is 23.7 Å². The molecule has 1 aliphatic rings. The van der Waals surface area contributed by atoms with Crippen molar-refractivity contribution in [1.29, 1.82) is 0 Å². The van der Waals surface area contributed by atoms with Crippen LogP contribution in [0.4, 0.5) is 10.6 Å². The van der Waals surface area contributed by atoms with Gasteiger partial charge in [0, 0.05) is 42.8 Å². The van der Waals surface area contributed by atoms with E-state index in [-0.39, 0.29) is 30.4 Å². The van der Waals surface area contributed by atoms with Crippen LogP contribution in [-0.4, -0.2) is 66.8 Å². The van der Waals surface area contributed by atoms with Crippen LogP contribution in [0, 0.1) is 0 Å². The summed E-state index contributed by atoms with van der Waals surface area (Å²) in [5.41, 5.74) is 1.09. The zero-order chi connectivity index (χ0) is 22.0. The highest BCUT2D eigenvalue weighted by Crippen LogP contribution is 2.27. The molecule has 0 aliphatic carbocycles. The monoisotopic (exact) mass is 479 g/mol. The van der Waals surface area contributed by atoms with Crippen molar-refractivity contribution in [2.75, 3.05) is 18.4 Å². The van der Waals surface area contributed by atoms with Gasteiger partial charge in [-0.05, 0) is 26.2 Å². The van der Waals surface area contributed by atoms with Crippen LogP contribution in [0.1, 0.15) is 43.6 Å². The Labute approximate surface area is 195 Å². The molecule has 12 heteroatoms. The summed E-state index contributed by atoms with van der Waals surface area (Å²) in [5, 5.41) is 21.0. The smallest absolute Gasteiger partial charge is 0.404 e. The largest absolute Gasteiger partial charge is 0.465 e. The van der Waals surface area contributed by atoms with Crippen LogP contribution < -0.4 is 10.6 Å². The van der Waals surface area contributed by atoms with E-state index in [1.165, 1.54) is 11.3 Å². The van der Waals surface area contributed by atoms with Gasteiger partial charge >= 0.3 is 6.09 Å². The number of rotatable bonds is 6. The van der Waals surface area contributed by atoms with Gasteiger partial charge in [0.15, 0.2) is 5.82 Å². The fourth-order valence-corrected chi connectivity index (χ4v) is 4.34. The molecule has 0 radical (unpaired) electrons. The average Bonchev–Trinajstić information content (AvgIpc) is 3.37. The van der Waals surface area contributed by atoms with Gasteiger partial charge in [-0.2, -0.15) is 5.10 Å². The Hall–Kier alpha value is -2.92. The first-order chi connectivity index (χ1) is 14.9. The molecule has 3 aromatic rings. The summed E-state index contributed by atoms with van der Waals surface area (Å²) in [7, 11) is 0. The number of fused-ring (bicyclic) bond motifs is 1. The van der Waals surface area contributed by atoms with Crippen molar-refractivity contribution in [2.45, 2.75) is 45.2 Å². The number of hydrogen-bond donors (Lipinski definition) is 3. The number of nitrogens with one attached hydrogen (secondary N) is 2. The van der Waals surface area contributed by atoms with Gasteiger partial charge in [-0.25, -0.2) is 19.3 Å². The molecule has 1 fully saturated rings. The van der Waals surface area contributed by atoms with Gasteiger partial charge in [-0.1, -0.05) is 6.92 Å². The Morgan fingerprint density at radius 1 is 1.31 bits per heavy atom. The Balaban J connectivity index is 0.00000289. The third-order valence-electron chi connectivity index (χ3n) is 5.43. The van der Waals surface area contributed by atoms with Crippen LogP contribution in [0.2, 0.25) is 0 Å². The number of carbonyl (C=O) groups is 2. The molecule has 10 nitrogen and oxygen atoms in total. The standard InChI is InChI=1S/C20H25N7O3S.ClH/c1-3-12(2)22-16-10-15(18(28)26-6-4-13(5-7-26)23-20(29)30)24-17(25-16)14-11-21-27-8-9-31-19(14)27;/h8-13,23H,3-7H2,1-2H3,(H,29,30)(H,22,24,25);1H/t12-;/m1./s1. The number of likely N-dealkylation sites (tertiary alicyclic amines) is 1. The number of hydrogen-bond acceptors (Lipinski definition) is 7. The number of aromatic nitrogens is 4. The lowest BCUT2D eigenvalue weighted by molar-refractivity contribution is 0.0700. The second kappa shape index (κ2) is 10.1. The summed E-state index contributed by atoms with van der Waals surface area (Å²) >= 11 is 1.54. The van der Waals surface area contributed by atoms with Crippen molar-refractivity contribution in [1.82, 2.24) is 29.8 Å². The molecule has 0 spiro atoms. The number of carboxylic acid groups (broad SMARTS) is 1. The van der Waals surface area contributed by atoms with Crippen LogP contribution in [-0.2, 0) is 0 Å². The lowest BCUT2D eigenvalue weighted by Crippen LogP contribution is -2.46. The molecule has 32 heavy (non-hydrogen) atoms. The van der Waals surface area contributed by atoms with E-state index in [0.29, 0.717) is 43.3 Å². The summed E-state index contributed by atoms with van der Waals surface area (Å²) in [6, 6.07) is 1.75. The average molecular weight is 480 g/mol. The van der Waals surface area contributed by atoms with E-state index in [4.69, 9.17) is 5.11 Å². The Morgan fingerprint density at radius 3 is 2.75 bits per heavy atom. The minimum absolute atomic E-state index is 0. The van der Waals surface area contributed by atoms with Gasteiger partial charge < -0.3 is 20.6 Å². The van der Waals surface area contributed by atoms with E-state index < -0.39 is 6.09 Å². The fraction of sp³-hybridized carbons (Fsp3) is 0.450. The number of halogens is 1. The number of thiazole rings is 1. The number of carbonyl (C=O) groups excluding carboxylic acids is 1. The SMILES string of the molecule is CC[C@@H](C)Nc1cc(C(=O)N2CCC(NC(=O)O)CC2)nc(-c2cnn3ccsc23)n1.Cl. The number of amides is 2. The maximum atomic E-state index is 13.2. The Kier molecular flexibility index (Phi) is 7.52. The molecular weight excluding hydrogens is 454 g/mol. The predicted molar refractivity (Wildman–Crippen MR) is 125 cm³/mol. The van der Waals surface area contributed by atoms with Gasteiger partial charge in [0.1, 0.15) is 16.3 Å². The molecule has 3 N–H and O–H groups in total. The fourth-order valence-electron chi connectivity index (χ4n) is 3.55. The van der Waals surface area contributed by atoms with Crippen LogP contribution in [0.5, 0.6) is 0 Å². The minimum atomic E-state index is -1.04. The summed E-state index contributed by atoms with van der Waals surface area (Å²) in [6.07, 6.45) is 4.61. The van der Waals surface area contributed by atoms with Crippen molar-refractivity contribution in [3.63, 3.8) is 0 Å². The number of anilines is 1. The second-order valence-corrected chi connectivity index (χ2v) is 8.54. The zero-order valence-corrected chi connectivity index (χ0v) is 19.4. The quantitative estimate of drug-likeness (QED) is 0.495. The maximum absolute atomic E-state index is 13.2. The summed E-state index contributed by atoms with van der Waals surface area (Å²) in [6.45, 7) is 5.08. The van der Waals surface area contributed by atoms with Crippen molar-refractivity contribution in [3.05, 3.63) is 29.5 Å². The number of nitrogens with zero attached hydrogens (tertiary/aromatic N) is 5. The molecule has 0 bridgehead atoms. The molecule has 0 unspecified atom stereocenters. The molecule has 0 saturated carbocycles. The van der Waals surface area contributed by atoms with Gasteiger partial charge in [0.25, 0.3) is 5.91 Å². The Morgan fingerprint density at radius 2 is 2.06 bits per heavy atom. The van der Waals surface area contributed by atoms with Gasteiger partial charge in [0.2, 0.25) is 0 Å². The predicted octanol–water partition coefficient (Wildman–Crippen LogP) is 3.36. The van der Waals surface area contributed by atoms with Gasteiger partial charge in [-0.3, -0.25) is 4.79 Å². The third kappa shape index (κ3) is 5.10. The highest BCUT2D eigenvalue weighted by molar-refractivity contribution is 7.16. The van der Waals surface area contributed by atoms with Gasteiger partial charge in [0.05, 0.1) is 11.8 Å². The van der Waals surface area contributed by atoms with E-state index in [1.54, 1.807) is 21.7 Å². The lowest BCUT2D eigenvalue weighted by atomic mass is 10.0. The third-order valence-corrected chi connectivity index (χ3v) is 6.32. The molecule has 0 aromatic carbocycles. The normalized spacial score (nSPS) is 15.2. The first-order valence-electron chi connectivity index (χ1n) is 10.3. The minimum Gasteiger partial charge on any atom is -0.465 e. The second-order valence-electron chi connectivity index (χ2n) is 7.64. The summed E-state index contributed by atoms with van der Waals surface area (Å²) < 4.78 is 1.76. The summed E-state index contributed by atoms with van der Waals surface area (Å²) in [5.74, 6) is 0.872. The van der Waals surface area contributed by atoms with Gasteiger partial charge in [-0.15, -0.1) is 23.7 Å². The van der Waals surface area contributed by atoms with E-state index in [9.17, 15) is 9.59 Å². The molecule has 2 amide bonds. The molecule has 172 valence electrons. The summed E-state index contributed by atoms with van der Waals surface area (Å²) in [4.78, 5) is 36.0. The molecule has 1 atom stereocenters. The van der Waals surface area contributed by atoms with E-state index in [1.807, 2.05) is 11.6 Å². The lowest BCUT2D eigenvalue weighted by Gasteiger charge is -2.31. The first kappa shape index (κ1) is 23.7. The van der Waals surface area contributed by atoms with Crippen LogP contribution in [0.15, 0.2) is 23.8 Å². The van der Waals surface area contributed by atoms with Crippen molar-refractivity contribution in [3.8, 4) is 11.4 Å². The molecule has 1 saturated heterocycles.